The fourth-order valence-electron chi connectivity index (χ4n) is 2.41. The Morgan fingerprint density at radius 1 is 1.11 bits per heavy atom. The maximum absolute atomic E-state index is 5.92. The number of benzene rings is 2. The maximum Gasteiger partial charge on any atom is 0.127 e. The van der Waals surface area contributed by atoms with Gasteiger partial charge in [-0.1, -0.05) is 62.9 Å². The molecule has 0 aliphatic rings. The Balaban J connectivity index is 0.00000190. The minimum absolute atomic E-state index is 0.856. The van der Waals surface area contributed by atoms with Crippen molar-refractivity contribution in [1.29, 1.82) is 0 Å². The summed E-state index contributed by atoms with van der Waals surface area (Å²) in [5, 5.41) is 0. The van der Waals surface area contributed by atoms with E-state index in [2.05, 4.69) is 49.9 Å². The molecule has 0 radical (unpaired) electrons. The topological polar surface area (TPSA) is 9.23 Å². The Hall–Kier alpha value is -2.45. The largest absolute Gasteiger partial charge is 0.458 e. The normalized spacial score (nSPS) is 11.4. The van der Waals surface area contributed by atoms with Crippen molar-refractivity contribution >= 4 is 17.8 Å². The molecule has 1 nitrogen and oxygen atoms in total. The van der Waals surface area contributed by atoms with E-state index >= 15 is 0 Å². The van der Waals surface area contributed by atoms with E-state index < -0.39 is 0 Å². The number of hydrogen-bond donors (Lipinski definition) is 0. The van der Waals surface area contributed by atoms with Crippen LogP contribution in [0.25, 0.3) is 6.08 Å². The summed E-state index contributed by atoms with van der Waals surface area (Å²) in [4.78, 5) is 1.26. The fourth-order valence-corrected chi connectivity index (χ4v) is 3.30. The van der Waals surface area contributed by atoms with E-state index in [0.717, 1.165) is 17.3 Å². The van der Waals surface area contributed by atoms with Crippen LogP contribution in [0.5, 0.6) is 5.75 Å². The lowest BCUT2D eigenvalue weighted by molar-refractivity contribution is 0.443. The van der Waals surface area contributed by atoms with Gasteiger partial charge in [0.1, 0.15) is 11.5 Å². The van der Waals surface area contributed by atoms with E-state index in [1.165, 1.54) is 21.6 Å². The SMILES string of the molecule is C=C/C=C\c1cc(SCc2cccc(OC(/C=C\C)=C/C)c2)ccc1C.CC. The molecule has 0 heterocycles. The second kappa shape index (κ2) is 13.7. The molecule has 0 unspecified atom stereocenters. The first kappa shape index (κ1) is 23.6. The van der Waals surface area contributed by atoms with Crippen LogP contribution >= 0.6 is 11.8 Å². The Bertz CT molecular complexity index is 828. The van der Waals surface area contributed by atoms with Gasteiger partial charge in [0.2, 0.25) is 0 Å². The van der Waals surface area contributed by atoms with E-state index in [1.807, 2.05) is 75.9 Å². The predicted octanol–water partition coefficient (Wildman–Crippen LogP) is 8.37. The van der Waals surface area contributed by atoms with Crippen LogP contribution in [0, 0.1) is 6.92 Å². The molecule has 0 bridgehead atoms. The average Bonchev–Trinajstić information content (AvgIpc) is 2.73. The van der Waals surface area contributed by atoms with E-state index in [0.29, 0.717) is 0 Å². The van der Waals surface area contributed by atoms with Crippen LogP contribution < -0.4 is 4.74 Å². The van der Waals surface area contributed by atoms with Gasteiger partial charge >= 0.3 is 0 Å². The van der Waals surface area contributed by atoms with Crippen molar-refractivity contribution in [3.63, 3.8) is 0 Å². The molecular weight excluding hydrogens is 360 g/mol. The first-order valence-corrected chi connectivity index (χ1v) is 10.7. The summed E-state index contributed by atoms with van der Waals surface area (Å²) in [5.41, 5.74) is 3.74. The fraction of sp³-hybridized carbons (Fsp3) is 0.231. The molecule has 0 spiro atoms. The monoisotopic (exact) mass is 392 g/mol. The van der Waals surface area contributed by atoms with Crippen LogP contribution in [0.3, 0.4) is 0 Å². The average molecular weight is 393 g/mol. The number of ether oxygens (including phenoxy) is 1. The van der Waals surface area contributed by atoms with E-state index in [9.17, 15) is 0 Å². The zero-order valence-corrected chi connectivity index (χ0v) is 18.6. The summed E-state index contributed by atoms with van der Waals surface area (Å²) >= 11 is 1.83. The van der Waals surface area contributed by atoms with Crippen LogP contribution in [0.4, 0.5) is 0 Å². The minimum Gasteiger partial charge on any atom is -0.458 e. The number of allylic oxidation sites excluding steroid dienone is 5. The summed E-state index contributed by atoms with van der Waals surface area (Å²) in [7, 11) is 0. The molecule has 148 valence electrons. The Labute approximate surface area is 175 Å². The molecule has 2 heteroatoms. The van der Waals surface area contributed by atoms with Gasteiger partial charge in [0.05, 0.1) is 0 Å². The number of aryl methyl sites for hydroxylation is 1. The van der Waals surface area contributed by atoms with Crippen LogP contribution in [0.2, 0.25) is 0 Å². The zero-order chi connectivity index (χ0) is 20.8. The van der Waals surface area contributed by atoms with Crippen LogP contribution in [-0.2, 0) is 5.75 Å². The van der Waals surface area contributed by atoms with Gasteiger partial charge in [-0.25, -0.2) is 0 Å². The predicted molar refractivity (Wildman–Crippen MR) is 127 cm³/mol. The third-order valence-electron chi connectivity index (χ3n) is 3.82. The van der Waals surface area contributed by atoms with Crippen molar-refractivity contribution < 1.29 is 4.74 Å². The van der Waals surface area contributed by atoms with Gasteiger partial charge < -0.3 is 4.74 Å². The summed E-state index contributed by atoms with van der Waals surface area (Å²) in [6.45, 7) is 13.8. The van der Waals surface area contributed by atoms with Gasteiger partial charge in [0.25, 0.3) is 0 Å². The van der Waals surface area contributed by atoms with Crippen LogP contribution in [-0.4, -0.2) is 0 Å². The van der Waals surface area contributed by atoms with Crippen molar-refractivity contribution in [3.05, 3.63) is 102 Å². The van der Waals surface area contributed by atoms with Gasteiger partial charge in [-0.15, -0.1) is 11.8 Å². The number of hydrogen-bond acceptors (Lipinski definition) is 2. The summed E-state index contributed by atoms with van der Waals surface area (Å²) in [5.74, 6) is 2.63. The standard InChI is InChI=1S/C24H26OS.C2H6/c1-5-8-12-21-17-24(15-14-19(21)4)26-18-20-11-9-13-23(16-20)25-22(7-3)10-6-2;1-2/h5-17H,1,18H2,2-4H3;1-2H3/b10-6-,12-8-,22-7+;. The summed E-state index contributed by atoms with van der Waals surface area (Å²) in [6, 6.07) is 14.8. The van der Waals surface area contributed by atoms with Gasteiger partial charge in [-0.05, 0) is 73.9 Å². The zero-order valence-electron chi connectivity index (χ0n) is 17.7. The molecule has 0 aliphatic carbocycles. The summed E-state index contributed by atoms with van der Waals surface area (Å²) < 4.78 is 5.92. The quantitative estimate of drug-likeness (QED) is 0.253. The van der Waals surface area contributed by atoms with Crippen molar-refractivity contribution in [3.8, 4) is 5.75 Å². The second-order valence-corrected chi connectivity index (χ2v) is 6.89. The highest BCUT2D eigenvalue weighted by Crippen LogP contribution is 2.27. The van der Waals surface area contributed by atoms with Crippen molar-refractivity contribution in [2.45, 2.75) is 45.3 Å². The van der Waals surface area contributed by atoms with Crippen LogP contribution in [0.15, 0.2) is 90.1 Å². The van der Waals surface area contributed by atoms with E-state index in [-0.39, 0.29) is 0 Å². The van der Waals surface area contributed by atoms with Gasteiger partial charge in [0.15, 0.2) is 0 Å². The molecule has 0 saturated heterocycles. The maximum atomic E-state index is 5.92. The van der Waals surface area contributed by atoms with Crippen molar-refractivity contribution in [2.75, 3.05) is 0 Å². The summed E-state index contributed by atoms with van der Waals surface area (Å²) in [6.07, 6.45) is 11.8. The molecule has 0 saturated carbocycles. The molecule has 0 fully saturated rings. The first-order chi connectivity index (χ1) is 13.7. The highest BCUT2D eigenvalue weighted by Gasteiger charge is 2.02. The smallest absolute Gasteiger partial charge is 0.127 e. The van der Waals surface area contributed by atoms with Crippen molar-refractivity contribution in [1.82, 2.24) is 0 Å². The molecule has 0 amide bonds. The Kier molecular flexibility index (Phi) is 11.5. The molecule has 2 aromatic rings. The molecule has 0 atom stereocenters. The van der Waals surface area contributed by atoms with Crippen LogP contribution in [0.1, 0.15) is 44.4 Å². The first-order valence-electron chi connectivity index (χ1n) is 9.74. The third-order valence-corrected chi connectivity index (χ3v) is 4.88. The van der Waals surface area contributed by atoms with E-state index in [1.54, 1.807) is 6.08 Å². The molecular formula is C26H32OS. The highest BCUT2D eigenvalue weighted by molar-refractivity contribution is 7.98. The molecule has 2 rings (SSSR count). The third kappa shape index (κ3) is 8.06. The number of thioether (sulfide) groups is 1. The lowest BCUT2D eigenvalue weighted by Gasteiger charge is -2.09. The number of rotatable bonds is 8. The van der Waals surface area contributed by atoms with Gasteiger partial charge in [-0.2, -0.15) is 0 Å². The Morgan fingerprint density at radius 3 is 2.57 bits per heavy atom. The molecule has 28 heavy (non-hydrogen) atoms. The van der Waals surface area contributed by atoms with Crippen molar-refractivity contribution in [2.24, 2.45) is 0 Å². The van der Waals surface area contributed by atoms with Gasteiger partial charge in [0, 0.05) is 10.6 Å². The highest BCUT2D eigenvalue weighted by atomic mass is 32.2. The van der Waals surface area contributed by atoms with E-state index in [4.69, 9.17) is 4.74 Å². The lowest BCUT2D eigenvalue weighted by Crippen LogP contribution is -1.92. The molecule has 0 aromatic heterocycles. The second-order valence-electron chi connectivity index (χ2n) is 5.84. The lowest BCUT2D eigenvalue weighted by atomic mass is 10.1. The molecule has 0 aliphatic heterocycles. The Morgan fingerprint density at radius 2 is 1.89 bits per heavy atom. The van der Waals surface area contributed by atoms with Gasteiger partial charge in [-0.3, -0.25) is 0 Å². The molecule has 2 aromatic carbocycles. The minimum atomic E-state index is 0.856. The molecule has 0 N–H and O–H groups in total.